The molecule has 5 nitrogen and oxygen atoms in total. The van der Waals surface area contributed by atoms with E-state index in [-0.39, 0.29) is 5.57 Å². The summed E-state index contributed by atoms with van der Waals surface area (Å²) in [6, 6.07) is 16.0. The van der Waals surface area contributed by atoms with Crippen molar-refractivity contribution >= 4 is 57.6 Å². The number of methoxy groups -OCH3 is 1. The molecule has 3 aromatic carbocycles. The second-order valence-electron chi connectivity index (χ2n) is 6.17. The van der Waals surface area contributed by atoms with Gasteiger partial charge in [0.15, 0.2) is 0 Å². The summed E-state index contributed by atoms with van der Waals surface area (Å²) in [5, 5.41) is 3.66. The van der Waals surface area contributed by atoms with Gasteiger partial charge >= 0.3 is 0 Å². The van der Waals surface area contributed by atoms with Crippen molar-refractivity contribution in [2.45, 2.75) is 0 Å². The Morgan fingerprint density at radius 3 is 2.57 bits per heavy atom. The van der Waals surface area contributed by atoms with E-state index in [9.17, 15) is 9.59 Å². The second-order valence-corrected chi connectivity index (χ2v) is 6.99. The lowest BCUT2D eigenvalue weighted by atomic mass is 10.0. The average molecular weight is 413 g/mol. The number of fused-ring (bicyclic) bond motifs is 1. The molecule has 1 aliphatic rings. The van der Waals surface area contributed by atoms with E-state index < -0.39 is 11.8 Å². The zero-order valence-corrected chi connectivity index (χ0v) is 16.2. The van der Waals surface area contributed by atoms with Gasteiger partial charge in [-0.05, 0) is 52.7 Å². The number of amides is 2. The van der Waals surface area contributed by atoms with Crippen molar-refractivity contribution in [3.8, 4) is 5.75 Å². The smallest absolute Gasteiger partial charge is 0.282 e. The molecule has 7 heteroatoms. The maximum absolute atomic E-state index is 12.8. The van der Waals surface area contributed by atoms with E-state index in [1.165, 1.54) is 6.07 Å². The Balaban J connectivity index is 1.76. The van der Waals surface area contributed by atoms with Crippen molar-refractivity contribution in [2.24, 2.45) is 0 Å². The fourth-order valence-electron chi connectivity index (χ4n) is 3.05. The van der Waals surface area contributed by atoms with E-state index in [0.717, 1.165) is 21.3 Å². The minimum Gasteiger partial charge on any atom is -0.497 e. The van der Waals surface area contributed by atoms with Crippen LogP contribution in [-0.2, 0) is 9.59 Å². The number of anilines is 1. The number of halogens is 2. The molecule has 1 heterocycles. The first-order valence-electron chi connectivity index (χ1n) is 8.37. The number of nitrogens with one attached hydrogen (secondary N) is 1. The number of nitrogens with zero attached hydrogens (tertiary/aromatic N) is 1. The number of carbonyl (C=O) groups excluding carboxylic acids is 2. The van der Waals surface area contributed by atoms with Crippen LogP contribution in [0.1, 0.15) is 5.56 Å². The summed E-state index contributed by atoms with van der Waals surface area (Å²) in [7, 11) is 1.59. The molecule has 0 radical (unpaired) electrons. The van der Waals surface area contributed by atoms with Crippen LogP contribution < -0.4 is 15.2 Å². The molecular weight excluding hydrogens is 399 g/mol. The number of benzene rings is 3. The molecule has 0 aromatic heterocycles. The molecule has 1 aliphatic heterocycles. The normalized spacial score (nSPS) is 15.4. The molecule has 0 spiro atoms. The maximum atomic E-state index is 12.8. The largest absolute Gasteiger partial charge is 0.497 e. The van der Waals surface area contributed by atoms with Crippen LogP contribution in [0.2, 0.25) is 10.0 Å². The molecule has 0 unspecified atom stereocenters. The van der Waals surface area contributed by atoms with Crippen LogP contribution >= 0.6 is 23.2 Å². The fourth-order valence-corrected chi connectivity index (χ4v) is 3.34. The van der Waals surface area contributed by atoms with E-state index >= 15 is 0 Å². The first-order valence-corrected chi connectivity index (χ1v) is 9.12. The highest BCUT2D eigenvalue weighted by atomic mass is 35.5. The third-order valence-corrected chi connectivity index (χ3v) is 5.21. The monoisotopic (exact) mass is 412 g/mol. The van der Waals surface area contributed by atoms with Crippen LogP contribution in [0.25, 0.3) is 16.8 Å². The summed E-state index contributed by atoms with van der Waals surface area (Å²) in [5.74, 6) is -0.266. The highest BCUT2D eigenvalue weighted by Gasteiger charge is 2.34. The standard InChI is InChI=1S/C21H14Cl2N2O3/c1-28-15-7-5-12-3-2-4-13(16(12)11-15)9-17-20(26)24-25(21(17)27)14-6-8-18(22)19(23)10-14/h2-11H,1H3,(H,24,26). The third kappa shape index (κ3) is 3.19. The van der Waals surface area contributed by atoms with Crippen LogP contribution in [0.3, 0.4) is 0 Å². The van der Waals surface area contributed by atoms with Crippen LogP contribution in [-0.4, -0.2) is 18.9 Å². The molecule has 0 bridgehead atoms. The Hall–Kier alpha value is -3.02. The van der Waals surface area contributed by atoms with Gasteiger partial charge in [-0.1, -0.05) is 47.5 Å². The molecule has 1 fully saturated rings. The van der Waals surface area contributed by atoms with Gasteiger partial charge in [-0.2, -0.15) is 0 Å². The SMILES string of the molecule is COc1ccc2cccc(C=C3C(=O)NN(c4ccc(Cl)c(Cl)c4)C3=O)c2c1. The molecule has 1 saturated heterocycles. The van der Waals surface area contributed by atoms with Crippen molar-refractivity contribution in [1.29, 1.82) is 0 Å². The van der Waals surface area contributed by atoms with Crippen molar-refractivity contribution in [1.82, 2.24) is 5.43 Å². The zero-order chi connectivity index (χ0) is 19.8. The number of carbonyl (C=O) groups is 2. The number of rotatable bonds is 3. The molecule has 2 amide bonds. The summed E-state index contributed by atoms with van der Waals surface area (Å²) in [4.78, 5) is 25.3. The van der Waals surface area contributed by atoms with Gasteiger partial charge in [0.25, 0.3) is 11.8 Å². The van der Waals surface area contributed by atoms with E-state index in [0.29, 0.717) is 21.5 Å². The Kier molecular flexibility index (Phi) is 4.71. The van der Waals surface area contributed by atoms with Gasteiger partial charge in [-0.15, -0.1) is 0 Å². The van der Waals surface area contributed by atoms with Gasteiger partial charge < -0.3 is 4.74 Å². The molecule has 0 saturated carbocycles. The lowest BCUT2D eigenvalue weighted by Crippen LogP contribution is -2.35. The number of hydrogen-bond acceptors (Lipinski definition) is 3. The van der Waals surface area contributed by atoms with Crippen molar-refractivity contribution in [2.75, 3.05) is 12.1 Å². The predicted molar refractivity (Wildman–Crippen MR) is 111 cm³/mol. The molecule has 1 N–H and O–H groups in total. The van der Waals surface area contributed by atoms with Crippen molar-refractivity contribution in [3.63, 3.8) is 0 Å². The third-order valence-electron chi connectivity index (χ3n) is 4.48. The molecule has 0 aliphatic carbocycles. The topological polar surface area (TPSA) is 58.6 Å². The Morgan fingerprint density at radius 2 is 1.82 bits per heavy atom. The molecule has 28 heavy (non-hydrogen) atoms. The summed E-state index contributed by atoms with van der Waals surface area (Å²) in [5.41, 5.74) is 3.75. The highest BCUT2D eigenvalue weighted by molar-refractivity contribution is 6.42. The average Bonchev–Trinajstić information content (AvgIpc) is 2.98. The van der Waals surface area contributed by atoms with Crippen LogP contribution in [0.4, 0.5) is 5.69 Å². The van der Waals surface area contributed by atoms with Gasteiger partial charge in [-0.25, -0.2) is 5.01 Å². The Bertz CT molecular complexity index is 1160. The van der Waals surface area contributed by atoms with Gasteiger partial charge in [0, 0.05) is 0 Å². The van der Waals surface area contributed by atoms with Crippen molar-refractivity contribution in [3.05, 3.63) is 75.8 Å². The summed E-state index contributed by atoms with van der Waals surface area (Å²) < 4.78 is 5.29. The van der Waals surface area contributed by atoms with Gasteiger partial charge in [0.1, 0.15) is 11.3 Å². The van der Waals surface area contributed by atoms with Crippen LogP contribution in [0.15, 0.2) is 60.2 Å². The lowest BCUT2D eigenvalue weighted by molar-refractivity contribution is -0.117. The number of hydrogen-bond donors (Lipinski definition) is 1. The summed E-state index contributed by atoms with van der Waals surface area (Å²) >= 11 is 12.0. The van der Waals surface area contributed by atoms with Crippen LogP contribution in [0.5, 0.6) is 5.75 Å². The maximum Gasteiger partial charge on any atom is 0.282 e. The first kappa shape index (κ1) is 18.3. The molecule has 4 rings (SSSR count). The van der Waals surface area contributed by atoms with E-state index in [4.69, 9.17) is 27.9 Å². The fraction of sp³-hybridized carbons (Fsp3) is 0.0476. The first-order chi connectivity index (χ1) is 13.5. The van der Waals surface area contributed by atoms with Gasteiger partial charge in [0.05, 0.1) is 22.8 Å². The Labute approximate surface area is 171 Å². The lowest BCUT2D eigenvalue weighted by Gasteiger charge is -2.15. The van der Waals surface area contributed by atoms with E-state index in [1.807, 2.05) is 36.4 Å². The molecule has 0 atom stereocenters. The minimum absolute atomic E-state index is 0.0291. The highest BCUT2D eigenvalue weighted by Crippen LogP contribution is 2.30. The Morgan fingerprint density at radius 1 is 1.00 bits per heavy atom. The second kappa shape index (κ2) is 7.19. The van der Waals surface area contributed by atoms with E-state index in [1.54, 1.807) is 25.3 Å². The molecular formula is C21H14Cl2N2O3. The van der Waals surface area contributed by atoms with Crippen LogP contribution in [0, 0.1) is 0 Å². The summed E-state index contributed by atoms with van der Waals surface area (Å²) in [6.07, 6.45) is 1.58. The quantitative estimate of drug-likeness (QED) is 0.504. The number of hydrazine groups is 1. The summed E-state index contributed by atoms with van der Waals surface area (Å²) in [6.45, 7) is 0. The van der Waals surface area contributed by atoms with Gasteiger partial charge in [-0.3, -0.25) is 15.0 Å². The minimum atomic E-state index is -0.490. The zero-order valence-electron chi connectivity index (χ0n) is 14.7. The van der Waals surface area contributed by atoms with Crippen molar-refractivity contribution < 1.29 is 14.3 Å². The predicted octanol–water partition coefficient (Wildman–Crippen LogP) is 4.62. The van der Waals surface area contributed by atoms with E-state index in [2.05, 4.69) is 5.43 Å². The van der Waals surface area contributed by atoms with Gasteiger partial charge in [0.2, 0.25) is 0 Å². The molecule has 3 aromatic rings. The number of ether oxygens (including phenoxy) is 1. The molecule has 140 valence electrons.